The summed E-state index contributed by atoms with van der Waals surface area (Å²) in [6.45, 7) is 6.51. The maximum absolute atomic E-state index is 5.44. The van der Waals surface area contributed by atoms with Gasteiger partial charge >= 0.3 is 0 Å². The summed E-state index contributed by atoms with van der Waals surface area (Å²) in [5, 5.41) is 3.45. The summed E-state index contributed by atoms with van der Waals surface area (Å²) in [7, 11) is 1.74. The smallest absolute Gasteiger partial charge is 0.123 e. The fraction of sp³-hybridized carbons (Fsp3) is 0.538. The Balaban J connectivity index is 2.26. The third-order valence-corrected chi connectivity index (χ3v) is 3.26. The van der Waals surface area contributed by atoms with Crippen LogP contribution in [0, 0.1) is 0 Å². The molecule has 1 heterocycles. The summed E-state index contributed by atoms with van der Waals surface area (Å²) in [6.07, 6.45) is 0. The van der Waals surface area contributed by atoms with Crippen LogP contribution in [0.3, 0.4) is 0 Å². The number of rotatable bonds is 3. The molecule has 3 nitrogen and oxygen atoms in total. The van der Waals surface area contributed by atoms with Gasteiger partial charge in [0.05, 0.1) is 13.2 Å². The van der Waals surface area contributed by atoms with E-state index < -0.39 is 0 Å². The number of ether oxygens (including phenoxy) is 1. The van der Waals surface area contributed by atoms with Crippen LogP contribution in [0.2, 0.25) is 0 Å². The van der Waals surface area contributed by atoms with Crippen molar-refractivity contribution in [3.05, 3.63) is 29.8 Å². The van der Waals surface area contributed by atoms with E-state index in [1.165, 1.54) is 5.56 Å². The quantitative estimate of drug-likeness (QED) is 0.838. The molecule has 0 radical (unpaired) electrons. The highest BCUT2D eigenvalue weighted by atomic mass is 16.5. The van der Waals surface area contributed by atoms with E-state index in [0.29, 0.717) is 6.04 Å². The fourth-order valence-corrected chi connectivity index (χ4v) is 2.37. The van der Waals surface area contributed by atoms with Gasteiger partial charge in [0, 0.05) is 25.2 Å². The lowest BCUT2D eigenvalue weighted by molar-refractivity contribution is 0.168. The molecule has 3 heteroatoms. The zero-order valence-corrected chi connectivity index (χ0v) is 10.1. The number of methoxy groups -OCH3 is 1. The first-order chi connectivity index (χ1) is 7.86. The van der Waals surface area contributed by atoms with Gasteiger partial charge in [0.15, 0.2) is 0 Å². The summed E-state index contributed by atoms with van der Waals surface area (Å²) >= 11 is 0. The molecule has 1 aromatic carbocycles. The highest BCUT2D eigenvalue weighted by molar-refractivity contribution is 5.36. The van der Waals surface area contributed by atoms with Crippen LogP contribution in [0.5, 0.6) is 5.75 Å². The van der Waals surface area contributed by atoms with Gasteiger partial charge in [-0.3, -0.25) is 4.90 Å². The molecule has 1 unspecified atom stereocenters. The second-order valence-corrected chi connectivity index (χ2v) is 4.09. The maximum Gasteiger partial charge on any atom is 0.123 e. The van der Waals surface area contributed by atoms with E-state index >= 15 is 0 Å². The molecule has 0 aliphatic carbocycles. The first kappa shape index (κ1) is 11.4. The summed E-state index contributed by atoms with van der Waals surface area (Å²) in [4.78, 5) is 2.49. The first-order valence-corrected chi connectivity index (χ1v) is 5.94. The Kier molecular flexibility index (Phi) is 3.80. The molecular weight excluding hydrogens is 200 g/mol. The summed E-state index contributed by atoms with van der Waals surface area (Å²) in [6, 6.07) is 8.75. The lowest BCUT2D eigenvalue weighted by atomic mass is 10.0. The van der Waals surface area contributed by atoms with E-state index in [1.54, 1.807) is 7.11 Å². The Morgan fingerprint density at radius 3 is 3.00 bits per heavy atom. The zero-order chi connectivity index (χ0) is 11.4. The molecule has 88 valence electrons. The van der Waals surface area contributed by atoms with Crippen molar-refractivity contribution in [3.63, 3.8) is 0 Å². The first-order valence-electron chi connectivity index (χ1n) is 5.94. The van der Waals surface area contributed by atoms with Gasteiger partial charge in [0.1, 0.15) is 5.75 Å². The number of nitrogens with one attached hydrogen (secondary N) is 1. The molecule has 1 N–H and O–H groups in total. The molecule has 1 fully saturated rings. The van der Waals surface area contributed by atoms with E-state index in [4.69, 9.17) is 4.74 Å². The molecule has 16 heavy (non-hydrogen) atoms. The average molecular weight is 220 g/mol. The van der Waals surface area contributed by atoms with Crippen LogP contribution in [0.4, 0.5) is 0 Å². The van der Waals surface area contributed by atoms with Crippen LogP contribution in [0.1, 0.15) is 18.5 Å². The molecule has 0 amide bonds. The van der Waals surface area contributed by atoms with E-state index in [9.17, 15) is 0 Å². The number of benzene rings is 1. The Hall–Kier alpha value is -1.06. The number of hydrogen-bond donors (Lipinski definition) is 1. The molecule has 0 bridgehead atoms. The monoisotopic (exact) mass is 220 g/mol. The lowest BCUT2D eigenvalue weighted by Gasteiger charge is -2.36. The van der Waals surface area contributed by atoms with Crippen molar-refractivity contribution in [1.82, 2.24) is 10.2 Å². The van der Waals surface area contributed by atoms with Gasteiger partial charge in [-0.1, -0.05) is 25.1 Å². The second kappa shape index (κ2) is 5.32. The Morgan fingerprint density at radius 2 is 2.25 bits per heavy atom. The number of hydrogen-bond acceptors (Lipinski definition) is 3. The van der Waals surface area contributed by atoms with Crippen molar-refractivity contribution in [2.75, 3.05) is 33.3 Å². The molecule has 0 aromatic heterocycles. The van der Waals surface area contributed by atoms with Crippen LogP contribution in [0.25, 0.3) is 0 Å². The highest BCUT2D eigenvalue weighted by Gasteiger charge is 2.24. The van der Waals surface area contributed by atoms with Crippen molar-refractivity contribution >= 4 is 0 Å². The molecule has 1 aromatic rings. The Bertz CT molecular complexity index is 340. The third kappa shape index (κ3) is 2.20. The highest BCUT2D eigenvalue weighted by Crippen LogP contribution is 2.29. The fourth-order valence-electron chi connectivity index (χ4n) is 2.37. The largest absolute Gasteiger partial charge is 0.496 e. The summed E-state index contributed by atoms with van der Waals surface area (Å²) < 4.78 is 5.44. The minimum Gasteiger partial charge on any atom is -0.496 e. The van der Waals surface area contributed by atoms with Gasteiger partial charge in [-0.2, -0.15) is 0 Å². The van der Waals surface area contributed by atoms with Crippen molar-refractivity contribution in [2.45, 2.75) is 13.0 Å². The lowest BCUT2D eigenvalue weighted by Crippen LogP contribution is -2.45. The molecule has 2 rings (SSSR count). The number of piperazine rings is 1. The minimum absolute atomic E-state index is 0.440. The molecule has 1 aliphatic heterocycles. The SMILES string of the molecule is CCN1CCNCC1c1ccccc1OC. The number of likely N-dealkylation sites (N-methyl/N-ethyl adjacent to an activating group) is 1. The molecule has 1 aliphatic rings. The van der Waals surface area contributed by atoms with Crippen LogP contribution in [-0.4, -0.2) is 38.2 Å². The van der Waals surface area contributed by atoms with Crippen molar-refractivity contribution in [2.24, 2.45) is 0 Å². The van der Waals surface area contributed by atoms with Gasteiger partial charge in [-0.05, 0) is 12.6 Å². The Labute approximate surface area is 97.4 Å². The van der Waals surface area contributed by atoms with Crippen molar-refractivity contribution in [3.8, 4) is 5.75 Å². The van der Waals surface area contributed by atoms with Crippen LogP contribution in [0.15, 0.2) is 24.3 Å². The van der Waals surface area contributed by atoms with Gasteiger partial charge in [-0.25, -0.2) is 0 Å². The normalized spacial score (nSPS) is 22.0. The van der Waals surface area contributed by atoms with Crippen molar-refractivity contribution < 1.29 is 4.74 Å². The maximum atomic E-state index is 5.44. The van der Waals surface area contributed by atoms with E-state index in [2.05, 4.69) is 29.3 Å². The van der Waals surface area contributed by atoms with Crippen molar-refractivity contribution in [1.29, 1.82) is 0 Å². The minimum atomic E-state index is 0.440. The van der Waals surface area contributed by atoms with Gasteiger partial charge in [0.2, 0.25) is 0 Å². The van der Waals surface area contributed by atoms with Gasteiger partial charge < -0.3 is 10.1 Å². The third-order valence-electron chi connectivity index (χ3n) is 3.26. The van der Waals surface area contributed by atoms with Gasteiger partial charge in [0.25, 0.3) is 0 Å². The van der Waals surface area contributed by atoms with Gasteiger partial charge in [-0.15, -0.1) is 0 Å². The predicted octanol–water partition coefficient (Wildman–Crippen LogP) is 1.66. The Morgan fingerprint density at radius 1 is 1.44 bits per heavy atom. The molecular formula is C13H20N2O. The standard InChI is InChI=1S/C13H20N2O/c1-3-15-9-8-14-10-12(15)11-6-4-5-7-13(11)16-2/h4-7,12,14H,3,8-10H2,1-2H3. The predicted molar refractivity (Wildman–Crippen MR) is 65.9 cm³/mol. The summed E-state index contributed by atoms with van der Waals surface area (Å²) in [5.41, 5.74) is 1.29. The summed E-state index contributed by atoms with van der Waals surface area (Å²) in [5.74, 6) is 0.995. The molecule has 0 spiro atoms. The van der Waals surface area contributed by atoms with E-state index in [0.717, 1.165) is 31.9 Å². The number of para-hydroxylation sites is 1. The van der Waals surface area contributed by atoms with E-state index in [-0.39, 0.29) is 0 Å². The van der Waals surface area contributed by atoms with Crippen LogP contribution < -0.4 is 10.1 Å². The molecule has 0 saturated carbocycles. The average Bonchev–Trinajstić information content (AvgIpc) is 2.38. The second-order valence-electron chi connectivity index (χ2n) is 4.09. The topological polar surface area (TPSA) is 24.5 Å². The zero-order valence-electron chi connectivity index (χ0n) is 10.1. The van der Waals surface area contributed by atoms with Crippen LogP contribution in [-0.2, 0) is 0 Å². The van der Waals surface area contributed by atoms with E-state index in [1.807, 2.05) is 12.1 Å². The van der Waals surface area contributed by atoms with Crippen LogP contribution >= 0.6 is 0 Å². The molecule has 1 atom stereocenters. The molecule has 1 saturated heterocycles. The number of nitrogens with zero attached hydrogens (tertiary/aromatic N) is 1.